The minimum atomic E-state index is -1.19. The van der Waals surface area contributed by atoms with Gasteiger partial charge in [0.2, 0.25) is 0 Å². The fourth-order valence-electron chi connectivity index (χ4n) is 11.7. The first-order valence-corrected chi connectivity index (χ1v) is 28.6. The third-order valence-corrected chi connectivity index (χ3v) is 19.6. The van der Waals surface area contributed by atoms with E-state index in [1.54, 1.807) is 40.1 Å². The normalized spacial score (nSPS) is 14.7. The van der Waals surface area contributed by atoms with Crippen LogP contribution >= 0.6 is 34.0 Å². The van der Waals surface area contributed by atoms with Crippen LogP contribution in [0.25, 0.3) is 57.9 Å². The Morgan fingerprint density at radius 1 is 0.603 bits per heavy atom. The zero-order valence-corrected chi connectivity index (χ0v) is 45.2. The number of unbranched alkanes of at least 4 members (excludes halogenated alkanes) is 6. The fraction of sp³-hybridized carbons (Fsp3) is 0.312. The van der Waals surface area contributed by atoms with Crippen molar-refractivity contribution < 1.29 is 19.4 Å². The lowest BCUT2D eigenvalue weighted by molar-refractivity contribution is -0.132. The van der Waals surface area contributed by atoms with Crippen LogP contribution in [-0.4, -0.2) is 24.3 Å². The van der Waals surface area contributed by atoms with Crippen molar-refractivity contribution in [2.24, 2.45) is 0 Å². The van der Waals surface area contributed by atoms with Crippen LogP contribution in [0, 0.1) is 11.3 Å². The van der Waals surface area contributed by atoms with Crippen LogP contribution in [-0.2, 0) is 28.5 Å². The number of carboxylic acids is 1. The molecule has 1 N–H and O–H groups in total. The molecule has 0 unspecified atom stereocenters. The van der Waals surface area contributed by atoms with E-state index < -0.39 is 5.97 Å². The summed E-state index contributed by atoms with van der Waals surface area (Å²) in [5.74, 6) is 0.421. The second kappa shape index (κ2) is 19.8. The Balaban J connectivity index is 1.02. The summed E-state index contributed by atoms with van der Waals surface area (Å²) in [5.41, 5.74) is 16.9. The molecule has 0 spiro atoms. The second-order valence-electron chi connectivity index (χ2n) is 20.9. The van der Waals surface area contributed by atoms with Crippen molar-refractivity contribution in [3.8, 4) is 60.0 Å². The molecule has 3 aromatic heterocycles. The van der Waals surface area contributed by atoms with E-state index in [0.717, 1.165) is 112 Å². The van der Waals surface area contributed by atoms with E-state index in [2.05, 4.69) is 156 Å². The molecule has 0 fully saturated rings. The van der Waals surface area contributed by atoms with Crippen molar-refractivity contribution in [2.75, 3.05) is 18.1 Å². The summed E-state index contributed by atoms with van der Waals surface area (Å²) in [4.78, 5) is 18.8. The van der Waals surface area contributed by atoms with Gasteiger partial charge >= 0.3 is 5.97 Å². The van der Waals surface area contributed by atoms with Crippen LogP contribution in [0.2, 0.25) is 0 Å². The van der Waals surface area contributed by atoms with E-state index in [-0.39, 0.29) is 16.4 Å². The minimum absolute atomic E-state index is 0.152. The largest absolute Gasteiger partial charge is 0.485 e. The van der Waals surface area contributed by atoms with E-state index in [1.807, 2.05) is 6.07 Å². The highest BCUT2D eigenvalue weighted by molar-refractivity contribution is 7.32. The van der Waals surface area contributed by atoms with E-state index in [1.165, 1.54) is 70.8 Å². The first kappa shape index (κ1) is 48.8. The van der Waals surface area contributed by atoms with Crippen LogP contribution in [0.15, 0.2) is 115 Å². The van der Waals surface area contributed by atoms with E-state index in [0.29, 0.717) is 13.2 Å². The van der Waals surface area contributed by atoms with Gasteiger partial charge in [-0.15, -0.1) is 34.0 Å². The second-order valence-corrected chi connectivity index (χ2v) is 24.0. The standard InChI is InChI=1S/C64H62N2O4S3/c1-7-9-11-13-21-48-54(35-40(38-65)62(67)68)71-59-49(22-14-12-10-8-2)60(73-58(48)59)61-56-55(69-33-34-70-56)57(72-61)39-25-27-41(28-26-39)66(42-29-31-46-44-19-15-17-23-50(44)63(3,4)52(46)36-42)43-30-32-47-45-20-16-18-24-51(45)64(5,6)53(47)37-43/h15-20,23-32,35-37H,7-14,21-22,33-34H2,1-6H3,(H,67,68)/b40-35+. The maximum Gasteiger partial charge on any atom is 0.346 e. The Morgan fingerprint density at radius 3 is 1.66 bits per heavy atom. The number of ether oxygens (including phenoxy) is 2. The topological polar surface area (TPSA) is 82.8 Å². The zero-order chi connectivity index (χ0) is 50.6. The Labute approximate surface area is 442 Å². The molecule has 6 nitrogen and oxygen atoms in total. The molecule has 5 aromatic carbocycles. The van der Waals surface area contributed by atoms with Crippen molar-refractivity contribution in [2.45, 2.75) is 117 Å². The van der Waals surface area contributed by atoms with Gasteiger partial charge < -0.3 is 19.5 Å². The van der Waals surface area contributed by atoms with Crippen LogP contribution in [0.1, 0.15) is 131 Å². The summed E-state index contributed by atoms with van der Waals surface area (Å²) in [6.45, 7) is 14.8. The lowest BCUT2D eigenvalue weighted by Gasteiger charge is -2.30. The number of fused-ring (bicyclic) bond motifs is 8. The fourth-order valence-corrected chi connectivity index (χ4v) is 16.0. The average molecular weight is 1020 g/mol. The van der Waals surface area contributed by atoms with Crippen molar-refractivity contribution in [3.05, 3.63) is 153 Å². The molecule has 370 valence electrons. The molecular formula is C64H62N2O4S3. The van der Waals surface area contributed by atoms with Gasteiger partial charge in [0.1, 0.15) is 24.9 Å². The zero-order valence-electron chi connectivity index (χ0n) is 42.7. The lowest BCUT2D eigenvalue weighted by atomic mass is 9.82. The Morgan fingerprint density at radius 2 is 1.11 bits per heavy atom. The van der Waals surface area contributed by atoms with Gasteiger partial charge in [0, 0.05) is 42.2 Å². The number of rotatable bonds is 17. The Hall–Kier alpha value is -6.44. The van der Waals surface area contributed by atoms with Crippen molar-refractivity contribution in [3.63, 3.8) is 0 Å². The molecule has 73 heavy (non-hydrogen) atoms. The Kier molecular flexibility index (Phi) is 13.2. The number of anilines is 3. The number of aliphatic carboxylic acids is 1. The molecule has 1 aliphatic heterocycles. The van der Waals surface area contributed by atoms with Crippen LogP contribution < -0.4 is 14.4 Å². The van der Waals surface area contributed by atoms with Gasteiger partial charge in [-0.05, 0) is 129 Å². The van der Waals surface area contributed by atoms with Gasteiger partial charge in [-0.2, -0.15) is 5.26 Å². The first-order chi connectivity index (χ1) is 35.4. The summed E-state index contributed by atoms with van der Waals surface area (Å²) in [6, 6.07) is 42.7. The van der Waals surface area contributed by atoms with Gasteiger partial charge in [-0.1, -0.05) is 153 Å². The predicted octanol–water partition coefficient (Wildman–Crippen LogP) is 18.4. The number of nitriles is 1. The van der Waals surface area contributed by atoms with E-state index in [4.69, 9.17) is 9.47 Å². The van der Waals surface area contributed by atoms with Gasteiger partial charge in [-0.3, -0.25) is 0 Å². The van der Waals surface area contributed by atoms with Gasteiger partial charge in [-0.25, -0.2) is 4.79 Å². The number of nitrogens with zero attached hydrogens (tertiary/aromatic N) is 2. The molecule has 0 saturated carbocycles. The van der Waals surface area contributed by atoms with E-state index >= 15 is 0 Å². The number of aryl methyl sites for hydroxylation is 2. The van der Waals surface area contributed by atoms with Crippen molar-refractivity contribution in [1.29, 1.82) is 5.26 Å². The average Bonchev–Trinajstić information content (AvgIpc) is 4.17. The number of carboxylic acid groups (broad SMARTS) is 1. The molecule has 4 heterocycles. The third kappa shape index (κ3) is 8.50. The smallest absolute Gasteiger partial charge is 0.346 e. The highest BCUT2D eigenvalue weighted by atomic mass is 32.1. The number of thiophene rings is 3. The van der Waals surface area contributed by atoms with Crippen LogP contribution in [0.3, 0.4) is 0 Å². The molecule has 0 radical (unpaired) electrons. The maximum atomic E-state index is 12.1. The molecule has 0 saturated heterocycles. The molecule has 2 aliphatic carbocycles. The molecule has 11 rings (SSSR count). The SMILES string of the molecule is CCCCCCc1c(/C=C(\C#N)C(=O)O)sc2c(CCCCCC)c(-c3sc(-c4ccc(N(c5ccc6c(c5)C(C)(C)c5ccccc5-6)c5ccc6c(c5)C(C)(C)c5ccccc5-6)cc4)c4c3OCCO4)sc12. The summed E-state index contributed by atoms with van der Waals surface area (Å²) in [6.07, 6.45) is 12.3. The molecule has 0 amide bonds. The van der Waals surface area contributed by atoms with Crippen LogP contribution in [0.5, 0.6) is 11.5 Å². The summed E-state index contributed by atoms with van der Waals surface area (Å²) >= 11 is 5.21. The van der Waals surface area contributed by atoms with Crippen molar-refractivity contribution in [1.82, 2.24) is 0 Å². The predicted molar refractivity (Wildman–Crippen MR) is 306 cm³/mol. The summed E-state index contributed by atoms with van der Waals surface area (Å²) in [5, 5.41) is 19.7. The molecular weight excluding hydrogens is 957 g/mol. The third-order valence-electron chi connectivity index (χ3n) is 15.6. The summed E-state index contributed by atoms with van der Waals surface area (Å²) < 4.78 is 15.6. The van der Waals surface area contributed by atoms with E-state index in [9.17, 15) is 15.2 Å². The van der Waals surface area contributed by atoms with Gasteiger partial charge in [0.25, 0.3) is 0 Å². The van der Waals surface area contributed by atoms with Gasteiger partial charge in [0.05, 0.1) is 14.6 Å². The highest BCUT2D eigenvalue weighted by Crippen LogP contribution is 2.59. The van der Waals surface area contributed by atoms with Crippen molar-refractivity contribution >= 4 is 72.5 Å². The monoisotopic (exact) mass is 1020 g/mol. The quantitative estimate of drug-likeness (QED) is 0.0556. The molecule has 0 atom stereocenters. The first-order valence-electron chi connectivity index (χ1n) is 26.2. The number of carbonyl (C=O) groups is 1. The minimum Gasteiger partial charge on any atom is -0.485 e. The number of hydrogen-bond donors (Lipinski definition) is 1. The lowest BCUT2D eigenvalue weighted by Crippen LogP contribution is -2.18. The molecule has 8 aromatic rings. The highest BCUT2D eigenvalue weighted by Gasteiger charge is 2.38. The number of hydrogen-bond acceptors (Lipinski definition) is 8. The maximum absolute atomic E-state index is 12.1. The van der Waals surface area contributed by atoms with Crippen LogP contribution in [0.4, 0.5) is 17.1 Å². The molecule has 9 heteroatoms. The Bertz CT molecular complexity index is 3400. The van der Waals surface area contributed by atoms with Gasteiger partial charge in [0.15, 0.2) is 11.5 Å². The molecule has 0 bridgehead atoms. The molecule has 3 aliphatic rings. The number of benzene rings is 5. The summed E-state index contributed by atoms with van der Waals surface area (Å²) in [7, 11) is 0.